The van der Waals surface area contributed by atoms with Crippen LogP contribution in [0.1, 0.15) is 25.3 Å². The van der Waals surface area contributed by atoms with Gasteiger partial charge in [0.05, 0.1) is 19.8 Å². The summed E-state index contributed by atoms with van der Waals surface area (Å²) in [6.45, 7) is 3.84. The summed E-state index contributed by atoms with van der Waals surface area (Å²) < 4.78 is 40.5. The standard InChI is InChI=1S/C19H29F2N3O3.HI/c1-2-22-19(23-9-5-10-25-13-15-8-11-26-14-15)24-12-16-6-3-4-7-17(16)27-18(20)21;/h3-4,6-7,15,18H,2,5,8-14H2,1H3,(H2,22,23,24);1H. The Hall–Kier alpha value is -1.20. The van der Waals surface area contributed by atoms with E-state index in [1.807, 2.05) is 6.92 Å². The largest absolute Gasteiger partial charge is 0.434 e. The first kappa shape index (κ1) is 24.8. The fourth-order valence-electron chi connectivity index (χ4n) is 2.70. The van der Waals surface area contributed by atoms with Crippen LogP contribution in [0.4, 0.5) is 8.78 Å². The van der Waals surface area contributed by atoms with E-state index in [0.29, 0.717) is 37.1 Å². The van der Waals surface area contributed by atoms with Gasteiger partial charge >= 0.3 is 6.61 Å². The second-order valence-electron chi connectivity index (χ2n) is 6.27. The summed E-state index contributed by atoms with van der Waals surface area (Å²) in [6, 6.07) is 6.68. The topological polar surface area (TPSA) is 64.1 Å². The van der Waals surface area contributed by atoms with Crippen LogP contribution in [-0.4, -0.2) is 52.1 Å². The van der Waals surface area contributed by atoms with Crippen LogP contribution in [0.5, 0.6) is 5.75 Å². The van der Waals surface area contributed by atoms with Gasteiger partial charge in [0.1, 0.15) is 5.75 Å². The molecule has 160 valence electrons. The van der Waals surface area contributed by atoms with Crippen LogP contribution < -0.4 is 15.4 Å². The molecule has 28 heavy (non-hydrogen) atoms. The molecule has 0 aliphatic carbocycles. The maximum Gasteiger partial charge on any atom is 0.387 e. The lowest BCUT2D eigenvalue weighted by atomic mass is 10.1. The van der Waals surface area contributed by atoms with E-state index in [9.17, 15) is 8.78 Å². The third-order valence-electron chi connectivity index (χ3n) is 4.08. The molecule has 1 atom stereocenters. The SMILES string of the molecule is CCNC(=NCc1ccccc1OC(F)F)NCCCOCC1CCOC1.I. The average molecular weight is 513 g/mol. The Morgan fingerprint density at radius 2 is 2.14 bits per heavy atom. The first-order valence-electron chi connectivity index (χ1n) is 9.39. The number of aliphatic imine (C=N–C) groups is 1. The van der Waals surface area contributed by atoms with Crippen molar-refractivity contribution >= 4 is 29.9 Å². The van der Waals surface area contributed by atoms with Gasteiger partial charge in [-0.15, -0.1) is 24.0 Å². The minimum atomic E-state index is -2.85. The predicted molar refractivity (Wildman–Crippen MR) is 116 cm³/mol. The number of benzene rings is 1. The van der Waals surface area contributed by atoms with E-state index in [1.54, 1.807) is 18.2 Å². The van der Waals surface area contributed by atoms with Crippen LogP contribution in [0.3, 0.4) is 0 Å². The normalized spacial score (nSPS) is 16.7. The van der Waals surface area contributed by atoms with E-state index in [0.717, 1.165) is 32.7 Å². The number of halogens is 3. The summed E-state index contributed by atoms with van der Waals surface area (Å²) in [4.78, 5) is 4.44. The Bertz CT molecular complexity index is 573. The van der Waals surface area contributed by atoms with E-state index in [4.69, 9.17) is 9.47 Å². The second-order valence-corrected chi connectivity index (χ2v) is 6.27. The first-order valence-corrected chi connectivity index (χ1v) is 9.39. The molecule has 1 heterocycles. The highest BCUT2D eigenvalue weighted by atomic mass is 127. The van der Waals surface area contributed by atoms with Gasteiger partial charge in [-0.3, -0.25) is 0 Å². The van der Waals surface area contributed by atoms with E-state index in [-0.39, 0.29) is 36.3 Å². The van der Waals surface area contributed by atoms with Gasteiger partial charge in [0, 0.05) is 37.8 Å². The van der Waals surface area contributed by atoms with Crippen molar-refractivity contribution < 1.29 is 23.0 Å². The smallest absolute Gasteiger partial charge is 0.387 e. The number of rotatable bonds is 11. The molecule has 1 aliphatic rings. The van der Waals surface area contributed by atoms with Crippen molar-refractivity contribution in [3.05, 3.63) is 29.8 Å². The van der Waals surface area contributed by atoms with Crippen LogP contribution in [0.15, 0.2) is 29.3 Å². The molecule has 1 aromatic rings. The zero-order valence-corrected chi connectivity index (χ0v) is 18.5. The number of ether oxygens (including phenoxy) is 3. The zero-order valence-electron chi connectivity index (χ0n) is 16.2. The van der Waals surface area contributed by atoms with Gasteiger partial charge in [-0.05, 0) is 25.8 Å². The predicted octanol–water partition coefficient (Wildman–Crippen LogP) is 3.40. The van der Waals surface area contributed by atoms with Gasteiger partial charge in [-0.2, -0.15) is 8.78 Å². The molecule has 9 heteroatoms. The highest BCUT2D eigenvalue weighted by Gasteiger charge is 2.15. The molecule has 0 spiro atoms. The molecule has 0 radical (unpaired) electrons. The summed E-state index contributed by atoms with van der Waals surface area (Å²) in [6.07, 6.45) is 1.93. The van der Waals surface area contributed by atoms with Gasteiger partial charge in [0.15, 0.2) is 5.96 Å². The molecular weight excluding hydrogens is 483 g/mol. The summed E-state index contributed by atoms with van der Waals surface area (Å²) in [5.41, 5.74) is 0.608. The Balaban J connectivity index is 0.00000392. The Morgan fingerprint density at radius 1 is 1.32 bits per heavy atom. The fourth-order valence-corrected chi connectivity index (χ4v) is 2.70. The molecule has 1 fully saturated rings. The van der Waals surface area contributed by atoms with Crippen molar-refractivity contribution in [2.75, 3.05) is 39.5 Å². The number of hydrogen-bond acceptors (Lipinski definition) is 4. The number of nitrogens with zero attached hydrogens (tertiary/aromatic N) is 1. The van der Waals surface area contributed by atoms with Crippen molar-refractivity contribution in [1.29, 1.82) is 0 Å². The lowest BCUT2D eigenvalue weighted by molar-refractivity contribution is -0.0504. The van der Waals surface area contributed by atoms with E-state index in [2.05, 4.69) is 20.4 Å². The van der Waals surface area contributed by atoms with Crippen LogP contribution in [0, 0.1) is 5.92 Å². The molecule has 0 bridgehead atoms. The third kappa shape index (κ3) is 9.83. The molecule has 6 nitrogen and oxygen atoms in total. The van der Waals surface area contributed by atoms with Crippen LogP contribution >= 0.6 is 24.0 Å². The van der Waals surface area contributed by atoms with Crippen LogP contribution in [-0.2, 0) is 16.0 Å². The zero-order chi connectivity index (χ0) is 19.3. The fraction of sp³-hybridized carbons (Fsp3) is 0.632. The summed E-state index contributed by atoms with van der Waals surface area (Å²) >= 11 is 0. The maximum absolute atomic E-state index is 12.5. The van der Waals surface area contributed by atoms with Crippen molar-refractivity contribution in [2.45, 2.75) is 32.9 Å². The van der Waals surface area contributed by atoms with Gasteiger partial charge in [-0.25, -0.2) is 4.99 Å². The molecule has 1 aliphatic heterocycles. The minimum Gasteiger partial charge on any atom is -0.434 e. The molecule has 2 N–H and O–H groups in total. The van der Waals surface area contributed by atoms with Crippen molar-refractivity contribution in [1.82, 2.24) is 10.6 Å². The Morgan fingerprint density at radius 3 is 2.86 bits per heavy atom. The van der Waals surface area contributed by atoms with E-state index < -0.39 is 6.61 Å². The quantitative estimate of drug-likeness (QED) is 0.206. The number of alkyl halides is 2. The highest BCUT2D eigenvalue weighted by Crippen LogP contribution is 2.20. The second kappa shape index (κ2) is 14.7. The molecule has 1 aromatic carbocycles. The molecule has 1 unspecified atom stereocenters. The monoisotopic (exact) mass is 513 g/mol. The molecule has 0 amide bonds. The maximum atomic E-state index is 12.5. The summed E-state index contributed by atoms with van der Waals surface area (Å²) in [5.74, 6) is 1.30. The van der Waals surface area contributed by atoms with Crippen LogP contribution in [0.2, 0.25) is 0 Å². The Kier molecular flexibility index (Phi) is 13.1. The Labute approximate surface area is 182 Å². The summed E-state index contributed by atoms with van der Waals surface area (Å²) in [7, 11) is 0. The van der Waals surface area contributed by atoms with Gasteiger partial charge < -0.3 is 24.8 Å². The number of guanidine groups is 1. The minimum absolute atomic E-state index is 0. The van der Waals surface area contributed by atoms with Crippen LogP contribution in [0.25, 0.3) is 0 Å². The molecule has 1 saturated heterocycles. The molecular formula is C19H30F2IN3O3. The number of para-hydroxylation sites is 1. The summed E-state index contributed by atoms with van der Waals surface area (Å²) in [5, 5.41) is 6.37. The van der Waals surface area contributed by atoms with Crippen molar-refractivity contribution in [2.24, 2.45) is 10.9 Å². The first-order chi connectivity index (χ1) is 13.2. The number of hydrogen-bond donors (Lipinski definition) is 2. The molecule has 0 aromatic heterocycles. The molecule has 2 rings (SSSR count). The van der Waals surface area contributed by atoms with Gasteiger partial charge in [0.2, 0.25) is 0 Å². The molecule has 0 saturated carbocycles. The lowest BCUT2D eigenvalue weighted by Crippen LogP contribution is -2.38. The van der Waals surface area contributed by atoms with Crippen molar-refractivity contribution in [3.63, 3.8) is 0 Å². The number of nitrogens with one attached hydrogen (secondary N) is 2. The lowest BCUT2D eigenvalue weighted by Gasteiger charge is -2.13. The average Bonchev–Trinajstić information content (AvgIpc) is 3.16. The van der Waals surface area contributed by atoms with Gasteiger partial charge in [0.25, 0.3) is 0 Å². The highest BCUT2D eigenvalue weighted by molar-refractivity contribution is 14.0. The van der Waals surface area contributed by atoms with E-state index in [1.165, 1.54) is 6.07 Å². The third-order valence-corrected chi connectivity index (χ3v) is 4.08. The van der Waals surface area contributed by atoms with E-state index >= 15 is 0 Å². The van der Waals surface area contributed by atoms with Crippen molar-refractivity contribution in [3.8, 4) is 5.75 Å². The van der Waals surface area contributed by atoms with Gasteiger partial charge in [-0.1, -0.05) is 18.2 Å².